The predicted molar refractivity (Wildman–Crippen MR) is 143 cm³/mol. The second kappa shape index (κ2) is 12.0. The molecule has 3 aromatic carbocycles. The molecular formula is C30H34N4O2. The maximum atomic E-state index is 6.07. The lowest BCUT2D eigenvalue weighted by Gasteiger charge is -2.33. The lowest BCUT2D eigenvalue weighted by Crippen LogP contribution is -2.46. The fraction of sp³-hybridized carbons (Fsp3) is 0.300. The highest BCUT2D eigenvalue weighted by molar-refractivity contribution is 5.69. The minimum atomic E-state index is 0.163. The molecule has 0 spiro atoms. The van der Waals surface area contributed by atoms with Gasteiger partial charge in [-0.3, -0.25) is 9.58 Å². The topological polar surface area (TPSA) is 51.5 Å². The van der Waals surface area contributed by atoms with E-state index in [0.29, 0.717) is 6.54 Å². The van der Waals surface area contributed by atoms with Crippen LogP contribution in [0.5, 0.6) is 5.75 Å². The number of methoxy groups -OCH3 is 1. The fourth-order valence-corrected chi connectivity index (χ4v) is 4.77. The first-order valence-corrected chi connectivity index (χ1v) is 12.6. The maximum absolute atomic E-state index is 6.07. The number of hydrogen-bond acceptors (Lipinski definition) is 5. The van der Waals surface area contributed by atoms with E-state index in [-0.39, 0.29) is 6.10 Å². The Bertz CT molecular complexity index is 1230. The van der Waals surface area contributed by atoms with Crippen molar-refractivity contribution in [1.82, 2.24) is 20.0 Å². The molecule has 36 heavy (non-hydrogen) atoms. The van der Waals surface area contributed by atoms with E-state index in [1.54, 1.807) is 7.11 Å². The average Bonchev–Trinajstić information content (AvgIpc) is 3.32. The third-order valence-corrected chi connectivity index (χ3v) is 6.55. The van der Waals surface area contributed by atoms with Crippen molar-refractivity contribution in [2.75, 3.05) is 33.4 Å². The molecule has 1 fully saturated rings. The van der Waals surface area contributed by atoms with Gasteiger partial charge in [0, 0.05) is 50.0 Å². The molecule has 0 bridgehead atoms. The lowest BCUT2D eigenvalue weighted by molar-refractivity contribution is -0.0300. The number of rotatable bonds is 10. The number of hydrogen-bond donors (Lipinski definition) is 1. The molecule has 1 N–H and O–H groups in total. The molecule has 1 aliphatic heterocycles. The Kier molecular flexibility index (Phi) is 8.08. The van der Waals surface area contributed by atoms with Gasteiger partial charge in [-0.2, -0.15) is 5.10 Å². The quantitative estimate of drug-likeness (QED) is 0.358. The lowest BCUT2D eigenvalue weighted by atomic mass is 10.1. The van der Waals surface area contributed by atoms with E-state index in [4.69, 9.17) is 14.6 Å². The van der Waals surface area contributed by atoms with Crippen LogP contribution in [0.25, 0.3) is 11.3 Å². The van der Waals surface area contributed by atoms with Crippen LogP contribution in [0.4, 0.5) is 0 Å². The maximum Gasteiger partial charge on any atom is 0.128 e. The molecule has 1 aliphatic rings. The van der Waals surface area contributed by atoms with E-state index in [9.17, 15) is 0 Å². The largest absolute Gasteiger partial charge is 0.496 e. The van der Waals surface area contributed by atoms with E-state index in [2.05, 4.69) is 77.1 Å². The van der Waals surface area contributed by atoms with E-state index >= 15 is 0 Å². The van der Waals surface area contributed by atoms with Gasteiger partial charge in [-0.1, -0.05) is 72.8 Å². The van der Waals surface area contributed by atoms with Crippen molar-refractivity contribution in [3.63, 3.8) is 0 Å². The number of aromatic nitrogens is 2. The number of para-hydroxylation sites is 1. The van der Waals surface area contributed by atoms with Gasteiger partial charge in [0.15, 0.2) is 0 Å². The summed E-state index contributed by atoms with van der Waals surface area (Å²) in [7, 11) is 1.71. The Hall–Kier alpha value is -3.45. The van der Waals surface area contributed by atoms with E-state index in [1.807, 2.05) is 28.9 Å². The zero-order chi connectivity index (χ0) is 24.6. The number of nitrogens with zero attached hydrogens (tertiary/aromatic N) is 3. The van der Waals surface area contributed by atoms with Crippen LogP contribution in [0.15, 0.2) is 91.1 Å². The zero-order valence-corrected chi connectivity index (χ0v) is 20.8. The Balaban J connectivity index is 1.26. The average molecular weight is 483 g/mol. The molecule has 0 amide bonds. The molecule has 1 atom stereocenters. The molecule has 6 nitrogen and oxygen atoms in total. The van der Waals surface area contributed by atoms with Gasteiger partial charge in [0.1, 0.15) is 11.4 Å². The zero-order valence-electron chi connectivity index (χ0n) is 20.8. The Morgan fingerprint density at radius 3 is 2.36 bits per heavy atom. The third-order valence-electron chi connectivity index (χ3n) is 6.55. The van der Waals surface area contributed by atoms with Crippen LogP contribution in [0, 0.1) is 0 Å². The Morgan fingerprint density at radius 2 is 1.61 bits per heavy atom. The van der Waals surface area contributed by atoms with Crippen LogP contribution in [-0.2, 0) is 24.4 Å². The summed E-state index contributed by atoms with van der Waals surface area (Å²) >= 11 is 0. The van der Waals surface area contributed by atoms with Crippen LogP contribution in [0.3, 0.4) is 0 Å². The van der Waals surface area contributed by atoms with Gasteiger partial charge in [-0.05, 0) is 23.3 Å². The van der Waals surface area contributed by atoms with Crippen molar-refractivity contribution < 1.29 is 9.47 Å². The van der Waals surface area contributed by atoms with Gasteiger partial charge in [0.2, 0.25) is 0 Å². The molecule has 0 unspecified atom stereocenters. The molecule has 6 heteroatoms. The minimum Gasteiger partial charge on any atom is -0.496 e. The van der Waals surface area contributed by atoms with E-state index < -0.39 is 0 Å². The summed E-state index contributed by atoms with van der Waals surface area (Å²) in [4.78, 5) is 2.48. The molecule has 0 radical (unpaired) electrons. The Labute approximate surface area is 213 Å². The molecular weight excluding hydrogens is 448 g/mol. The van der Waals surface area contributed by atoms with Gasteiger partial charge in [0.25, 0.3) is 0 Å². The molecule has 186 valence electrons. The summed E-state index contributed by atoms with van der Waals surface area (Å²) < 4.78 is 13.7. The molecule has 4 aromatic rings. The van der Waals surface area contributed by atoms with Crippen LogP contribution in [0.1, 0.15) is 16.7 Å². The minimum absolute atomic E-state index is 0.163. The van der Waals surface area contributed by atoms with Gasteiger partial charge in [0.05, 0.1) is 26.4 Å². The Morgan fingerprint density at radius 1 is 0.917 bits per heavy atom. The van der Waals surface area contributed by atoms with Gasteiger partial charge in [-0.15, -0.1) is 0 Å². The monoisotopic (exact) mass is 482 g/mol. The summed E-state index contributed by atoms with van der Waals surface area (Å²) in [6, 6.07) is 29.2. The fourth-order valence-electron chi connectivity index (χ4n) is 4.77. The van der Waals surface area contributed by atoms with Gasteiger partial charge >= 0.3 is 0 Å². The van der Waals surface area contributed by atoms with Crippen molar-refractivity contribution >= 4 is 0 Å². The van der Waals surface area contributed by atoms with Crippen molar-refractivity contribution in [3.05, 3.63) is 108 Å². The first kappa shape index (κ1) is 24.3. The second-order valence-corrected chi connectivity index (χ2v) is 9.23. The van der Waals surface area contributed by atoms with Crippen LogP contribution in [-0.4, -0.2) is 54.1 Å². The normalized spacial score (nSPS) is 16.2. The highest BCUT2D eigenvalue weighted by atomic mass is 16.5. The molecule has 1 saturated heterocycles. The summed E-state index contributed by atoms with van der Waals surface area (Å²) in [5, 5.41) is 8.60. The first-order valence-electron chi connectivity index (χ1n) is 12.6. The molecule has 0 aliphatic carbocycles. The van der Waals surface area contributed by atoms with E-state index in [1.165, 1.54) is 11.1 Å². The molecule has 2 heterocycles. The predicted octanol–water partition coefficient (Wildman–Crippen LogP) is 4.60. The summed E-state index contributed by atoms with van der Waals surface area (Å²) in [5.74, 6) is 0.830. The highest BCUT2D eigenvalue weighted by Gasteiger charge is 2.21. The van der Waals surface area contributed by atoms with Crippen molar-refractivity contribution in [3.8, 4) is 17.0 Å². The second-order valence-electron chi connectivity index (χ2n) is 9.23. The number of ether oxygens (including phenoxy) is 2. The van der Waals surface area contributed by atoms with Crippen molar-refractivity contribution in [2.45, 2.75) is 25.7 Å². The molecule has 0 saturated carbocycles. The summed E-state index contributed by atoms with van der Waals surface area (Å²) in [6.45, 7) is 5.85. The van der Waals surface area contributed by atoms with Crippen molar-refractivity contribution in [2.24, 2.45) is 0 Å². The van der Waals surface area contributed by atoms with Gasteiger partial charge in [-0.25, -0.2) is 0 Å². The van der Waals surface area contributed by atoms with Crippen LogP contribution in [0.2, 0.25) is 0 Å². The van der Waals surface area contributed by atoms with Crippen LogP contribution < -0.4 is 10.1 Å². The molecule has 5 rings (SSSR count). The van der Waals surface area contributed by atoms with Gasteiger partial charge < -0.3 is 14.8 Å². The molecule has 1 aromatic heterocycles. The SMILES string of the molecule is COc1ccccc1-c1nn(Cc2ccccc2)cc1CNC[C@@H]1CN(Cc2ccccc2)CCO1. The third kappa shape index (κ3) is 6.21. The standard InChI is InChI=1S/C30H34N4O2/c1-35-29-15-9-8-14-28(29)30-26(22-34(32-30)21-25-12-6-3-7-13-25)18-31-19-27-23-33(16-17-36-27)20-24-10-4-2-5-11-24/h2-15,22,27,31H,16-21,23H2,1H3/t27-/m1/s1. The van der Waals surface area contributed by atoms with Crippen LogP contribution >= 0.6 is 0 Å². The summed E-state index contributed by atoms with van der Waals surface area (Å²) in [5.41, 5.74) is 5.67. The smallest absolute Gasteiger partial charge is 0.128 e. The van der Waals surface area contributed by atoms with Crippen molar-refractivity contribution in [1.29, 1.82) is 0 Å². The number of nitrogens with one attached hydrogen (secondary N) is 1. The first-order chi connectivity index (χ1) is 17.8. The highest BCUT2D eigenvalue weighted by Crippen LogP contribution is 2.31. The number of benzene rings is 3. The summed E-state index contributed by atoms with van der Waals surface area (Å²) in [6.07, 6.45) is 2.31. The number of morpholine rings is 1. The van der Waals surface area contributed by atoms with E-state index in [0.717, 1.165) is 61.9 Å².